The molecular formula is C39H62N6O9SSi. The Bertz CT molecular complexity index is 1950. The SMILES string of the molecule is CCOc1ccc(N(C(=O)OC(C)(C)C)c2c(CC(CO[Si](C)(C)C(C)(C)C)OS(C)(=O)=O)c(NC3CCCN(C(=O)O)[C@H]3C(C)(C)C)nc3ccnn23)cc1. The Kier molecular flexibility index (Phi) is 13.5. The van der Waals surface area contributed by atoms with Crippen LogP contribution >= 0.6 is 0 Å². The van der Waals surface area contributed by atoms with Gasteiger partial charge in [-0.1, -0.05) is 41.5 Å². The largest absolute Gasteiger partial charge is 0.494 e. The van der Waals surface area contributed by atoms with Gasteiger partial charge < -0.3 is 29.2 Å². The third-order valence-corrected chi connectivity index (χ3v) is 15.2. The molecule has 312 valence electrons. The average molecular weight is 819 g/mol. The van der Waals surface area contributed by atoms with Crippen LogP contribution in [0.4, 0.5) is 26.9 Å². The van der Waals surface area contributed by atoms with E-state index < -0.39 is 59.8 Å². The van der Waals surface area contributed by atoms with Crippen molar-refractivity contribution in [2.75, 3.05) is 36.2 Å². The van der Waals surface area contributed by atoms with E-state index >= 15 is 0 Å². The first-order valence-corrected chi connectivity index (χ1v) is 23.9. The first-order valence-electron chi connectivity index (χ1n) is 19.1. The van der Waals surface area contributed by atoms with Crippen LogP contribution in [0.1, 0.15) is 87.6 Å². The summed E-state index contributed by atoms with van der Waals surface area (Å²) in [5, 5.41) is 18.3. The molecule has 2 unspecified atom stereocenters. The van der Waals surface area contributed by atoms with Crippen molar-refractivity contribution in [3.63, 3.8) is 0 Å². The molecule has 2 amide bonds. The number of carbonyl (C=O) groups excluding carboxylic acids is 1. The second-order valence-electron chi connectivity index (χ2n) is 18.0. The van der Waals surface area contributed by atoms with Crippen molar-refractivity contribution in [2.45, 2.75) is 130 Å². The van der Waals surface area contributed by atoms with Crippen LogP contribution in [0.2, 0.25) is 18.1 Å². The van der Waals surface area contributed by atoms with Crippen LogP contribution < -0.4 is 15.0 Å². The van der Waals surface area contributed by atoms with E-state index in [9.17, 15) is 23.1 Å². The van der Waals surface area contributed by atoms with Gasteiger partial charge in [0.1, 0.15) is 23.3 Å². The number of nitrogens with one attached hydrogen (secondary N) is 1. The van der Waals surface area contributed by atoms with E-state index in [0.717, 1.165) is 6.26 Å². The lowest BCUT2D eigenvalue weighted by Gasteiger charge is -2.47. The molecule has 2 N–H and O–H groups in total. The van der Waals surface area contributed by atoms with Crippen LogP contribution in [0.5, 0.6) is 5.75 Å². The molecule has 0 radical (unpaired) electrons. The van der Waals surface area contributed by atoms with Gasteiger partial charge in [-0.25, -0.2) is 19.5 Å². The first kappa shape index (κ1) is 44.8. The van der Waals surface area contributed by atoms with Crippen LogP contribution in [0.25, 0.3) is 5.65 Å². The Morgan fingerprint density at radius 2 is 1.70 bits per heavy atom. The predicted molar refractivity (Wildman–Crippen MR) is 220 cm³/mol. The van der Waals surface area contributed by atoms with Crippen molar-refractivity contribution < 1.29 is 41.2 Å². The van der Waals surface area contributed by atoms with Crippen LogP contribution in [0.3, 0.4) is 0 Å². The summed E-state index contributed by atoms with van der Waals surface area (Å²) in [6.45, 7) is 24.3. The molecule has 15 nitrogen and oxygen atoms in total. The third-order valence-electron chi connectivity index (χ3n) is 10.1. The fourth-order valence-electron chi connectivity index (χ4n) is 6.70. The second kappa shape index (κ2) is 16.9. The summed E-state index contributed by atoms with van der Waals surface area (Å²) >= 11 is 0. The van der Waals surface area contributed by atoms with E-state index in [1.54, 1.807) is 57.3 Å². The van der Waals surface area contributed by atoms with E-state index in [4.69, 9.17) is 23.1 Å². The molecule has 3 atom stereocenters. The van der Waals surface area contributed by atoms with Gasteiger partial charge in [0.25, 0.3) is 10.1 Å². The summed E-state index contributed by atoms with van der Waals surface area (Å²) < 4.78 is 51.4. The highest BCUT2D eigenvalue weighted by Gasteiger charge is 2.43. The number of piperidine rings is 1. The maximum Gasteiger partial charge on any atom is 0.420 e. The highest BCUT2D eigenvalue weighted by Crippen LogP contribution is 2.40. The van der Waals surface area contributed by atoms with Gasteiger partial charge in [-0.05, 0) is 88.3 Å². The number of carboxylic acid groups (broad SMARTS) is 1. The van der Waals surface area contributed by atoms with E-state index in [1.165, 1.54) is 14.3 Å². The Hall–Kier alpha value is -3.93. The lowest BCUT2D eigenvalue weighted by molar-refractivity contribution is 0.0517. The second-order valence-corrected chi connectivity index (χ2v) is 24.4. The Morgan fingerprint density at radius 3 is 2.23 bits per heavy atom. The first-order chi connectivity index (χ1) is 25.7. The molecule has 0 spiro atoms. The van der Waals surface area contributed by atoms with Gasteiger partial charge in [-0.2, -0.15) is 18.0 Å². The summed E-state index contributed by atoms with van der Waals surface area (Å²) in [5.41, 5.74) is -0.211. The fourth-order valence-corrected chi connectivity index (χ4v) is 8.35. The number of amides is 2. The highest BCUT2D eigenvalue weighted by atomic mass is 32.2. The number of fused-ring (bicyclic) bond motifs is 1. The number of hydrogen-bond donors (Lipinski definition) is 2. The molecule has 0 saturated carbocycles. The molecule has 56 heavy (non-hydrogen) atoms. The summed E-state index contributed by atoms with van der Waals surface area (Å²) in [4.78, 5) is 35.0. The summed E-state index contributed by atoms with van der Waals surface area (Å²) in [6.07, 6.45) is 0.863. The fraction of sp³-hybridized carbons (Fsp3) is 0.641. The molecule has 2 aromatic heterocycles. The predicted octanol–water partition coefficient (Wildman–Crippen LogP) is 8.08. The summed E-state index contributed by atoms with van der Waals surface area (Å²) in [7, 11) is -6.43. The number of aromatic nitrogens is 3. The standard InChI is InChI=1S/C39H62N6O9SSi/c1-14-51-27-19-17-26(18-20-27)44(36(48)53-38(5,6)7)34-29(24-28(54-55(11,49)50)25-52-56(12,13)39(8,9)10)33(42-31-21-22-40-45(31)34)41-30-16-15-23-43(35(46)47)32(30)37(2,3)4/h17-22,28,30,32H,14-16,23-25H2,1-13H3,(H,41,42)(H,46,47)/t28?,30?,32-/m1/s1. The van der Waals surface area contributed by atoms with Crippen LogP contribution in [-0.2, 0) is 29.9 Å². The minimum atomic E-state index is -4.02. The third kappa shape index (κ3) is 11.1. The van der Waals surface area contributed by atoms with Gasteiger partial charge in [0.15, 0.2) is 19.8 Å². The maximum atomic E-state index is 14.5. The van der Waals surface area contributed by atoms with Gasteiger partial charge in [-0.15, -0.1) is 0 Å². The molecule has 0 aliphatic carbocycles. The zero-order valence-corrected chi connectivity index (χ0v) is 37.1. The van der Waals surface area contributed by atoms with Crippen LogP contribution in [0, 0.1) is 5.41 Å². The van der Waals surface area contributed by atoms with Crippen molar-refractivity contribution in [1.82, 2.24) is 19.5 Å². The minimum absolute atomic E-state index is 0.0735. The zero-order chi connectivity index (χ0) is 42.0. The van der Waals surface area contributed by atoms with Gasteiger partial charge in [-0.3, -0.25) is 4.18 Å². The molecule has 1 saturated heterocycles. The number of benzene rings is 1. The van der Waals surface area contributed by atoms with Gasteiger partial charge >= 0.3 is 12.2 Å². The molecule has 0 bridgehead atoms. The van der Waals surface area contributed by atoms with E-state index in [-0.39, 0.29) is 23.9 Å². The van der Waals surface area contributed by atoms with Crippen molar-refractivity contribution >= 4 is 53.6 Å². The molecule has 17 heteroatoms. The molecule has 1 fully saturated rings. The maximum absolute atomic E-state index is 14.5. The number of likely N-dealkylation sites (tertiary alicyclic amines) is 1. The smallest absolute Gasteiger partial charge is 0.420 e. The van der Waals surface area contributed by atoms with Crippen molar-refractivity contribution in [2.24, 2.45) is 5.41 Å². The number of ether oxygens (including phenoxy) is 2. The molecule has 3 heterocycles. The number of hydrogen-bond acceptors (Lipinski definition) is 11. The molecule has 1 aliphatic heterocycles. The van der Waals surface area contributed by atoms with Crippen molar-refractivity contribution in [1.29, 1.82) is 0 Å². The van der Waals surface area contributed by atoms with Crippen molar-refractivity contribution in [3.8, 4) is 5.75 Å². The molecule has 3 aromatic rings. The molecule has 4 rings (SSSR count). The van der Waals surface area contributed by atoms with Crippen molar-refractivity contribution in [3.05, 3.63) is 42.1 Å². The lowest BCUT2D eigenvalue weighted by Crippen LogP contribution is -2.59. The van der Waals surface area contributed by atoms with E-state index in [2.05, 4.69) is 44.3 Å². The monoisotopic (exact) mass is 818 g/mol. The lowest BCUT2D eigenvalue weighted by atomic mass is 9.77. The summed E-state index contributed by atoms with van der Waals surface area (Å²) in [6, 6.07) is 7.77. The highest BCUT2D eigenvalue weighted by molar-refractivity contribution is 7.86. The number of anilines is 3. The quantitative estimate of drug-likeness (QED) is 0.126. The Balaban J connectivity index is 2.05. The molecular weight excluding hydrogens is 757 g/mol. The number of carbonyl (C=O) groups is 2. The van der Waals surface area contributed by atoms with Gasteiger partial charge in [0, 0.05) is 30.6 Å². The average Bonchev–Trinajstić information content (AvgIpc) is 3.51. The summed E-state index contributed by atoms with van der Waals surface area (Å²) in [5.74, 6) is 1.14. The van der Waals surface area contributed by atoms with Crippen LogP contribution in [0.15, 0.2) is 36.5 Å². The van der Waals surface area contributed by atoms with E-state index in [0.29, 0.717) is 54.5 Å². The zero-order valence-electron chi connectivity index (χ0n) is 35.3. The van der Waals surface area contributed by atoms with Gasteiger partial charge in [0.05, 0.1) is 37.4 Å². The van der Waals surface area contributed by atoms with Gasteiger partial charge in [0.2, 0.25) is 0 Å². The molecule has 1 aliphatic rings. The molecule has 1 aromatic carbocycles. The minimum Gasteiger partial charge on any atom is -0.494 e. The normalized spacial score (nSPS) is 17.8. The number of nitrogens with zero attached hydrogens (tertiary/aromatic N) is 5. The van der Waals surface area contributed by atoms with Crippen LogP contribution in [-0.4, -0.2) is 103 Å². The number of rotatable bonds is 13. The Labute approximate surface area is 333 Å². The topological polar surface area (TPSA) is 174 Å². The van der Waals surface area contributed by atoms with E-state index in [1.807, 2.05) is 27.7 Å². The Morgan fingerprint density at radius 1 is 1.05 bits per heavy atom.